The summed E-state index contributed by atoms with van der Waals surface area (Å²) in [5.41, 5.74) is 5.75. The first kappa shape index (κ1) is 21.4. The number of aryl methyl sites for hydroxylation is 3. The topological polar surface area (TPSA) is 79.7 Å². The first-order valence-electron chi connectivity index (χ1n) is 11.5. The highest BCUT2D eigenvalue weighted by Crippen LogP contribution is 2.37. The zero-order chi connectivity index (χ0) is 23.3. The van der Waals surface area contributed by atoms with E-state index in [1.807, 2.05) is 17.7 Å². The maximum absolute atomic E-state index is 13.6. The minimum atomic E-state index is -0.408. The molecule has 3 heterocycles. The van der Waals surface area contributed by atoms with Crippen LogP contribution in [0.25, 0.3) is 10.9 Å². The minimum Gasteiger partial charge on any atom is -0.357 e. The van der Waals surface area contributed by atoms with E-state index in [9.17, 15) is 4.79 Å². The van der Waals surface area contributed by atoms with Crippen molar-refractivity contribution < 1.29 is 0 Å². The van der Waals surface area contributed by atoms with Gasteiger partial charge in [0.05, 0.1) is 11.1 Å². The van der Waals surface area contributed by atoms with Gasteiger partial charge < -0.3 is 9.88 Å². The number of pyridine rings is 1. The van der Waals surface area contributed by atoms with Crippen LogP contribution in [-0.2, 0) is 12.0 Å². The van der Waals surface area contributed by atoms with E-state index >= 15 is 0 Å². The molecule has 0 radical (unpaired) electrons. The van der Waals surface area contributed by atoms with Gasteiger partial charge in [0.2, 0.25) is 0 Å². The van der Waals surface area contributed by atoms with Gasteiger partial charge in [-0.15, -0.1) is 5.10 Å². The van der Waals surface area contributed by atoms with Crippen molar-refractivity contribution in [2.75, 3.05) is 11.4 Å². The van der Waals surface area contributed by atoms with Gasteiger partial charge in [-0.3, -0.25) is 4.79 Å². The molecule has 1 aliphatic heterocycles. The molecule has 0 aliphatic carbocycles. The second-order valence-electron chi connectivity index (χ2n) is 10.0. The Morgan fingerprint density at radius 1 is 1.09 bits per heavy atom. The number of benzene rings is 2. The van der Waals surface area contributed by atoms with E-state index in [1.54, 1.807) is 0 Å². The number of aromatic amines is 1. The van der Waals surface area contributed by atoms with Crippen molar-refractivity contribution in [2.45, 2.75) is 59.0 Å². The molecule has 1 N–H and O–H groups in total. The summed E-state index contributed by atoms with van der Waals surface area (Å²) in [6.45, 7) is 11.2. The molecule has 0 unspecified atom stereocenters. The fourth-order valence-electron chi connectivity index (χ4n) is 5.03. The molecule has 5 rings (SSSR count). The number of rotatable bonds is 3. The van der Waals surface area contributed by atoms with Crippen molar-refractivity contribution >= 4 is 16.6 Å². The summed E-state index contributed by atoms with van der Waals surface area (Å²) in [5, 5.41) is 13.8. The van der Waals surface area contributed by atoms with Crippen LogP contribution in [0.3, 0.4) is 0 Å². The van der Waals surface area contributed by atoms with E-state index in [2.05, 4.69) is 89.5 Å². The van der Waals surface area contributed by atoms with Crippen molar-refractivity contribution in [1.82, 2.24) is 25.2 Å². The SMILES string of the molecule is Cc1cc(C)c2[nH]c(=O)c([C@H](c3nnnn3C(C)(C)C)N3CCCc4ccccc43)cc2c1. The van der Waals surface area contributed by atoms with Gasteiger partial charge in [-0.25, -0.2) is 4.68 Å². The van der Waals surface area contributed by atoms with Gasteiger partial charge in [0, 0.05) is 17.8 Å². The lowest BCUT2D eigenvalue weighted by Gasteiger charge is -2.38. The number of hydrogen-bond donors (Lipinski definition) is 1. The number of aromatic nitrogens is 5. The smallest absolute Gasteiger partial charge is 0.254 e. The number of para-hydroxylation sites is 1. The molecule has 33 heavy (non-hydrogen) atoms. The van der Waals surface area contributed by atoms with E-state index in [0.29, 0.717) is 11.4 Å². The summed E-state index contributed by atoms with van der Waals surface area (Å²) in [6, 6.07) is 14.3. The fourth-order valence-corrected chi connectivity index (χ4v) is 5.03. The van der Waals surface area contributed by atoms with Crippen molar-refractivity contribution in [3.05, 3.63) is 80.9 Å². The summed E-state index contributed by atoms with van der Waals surface area (Å²) < 4.78 is 1.85. The molecule has 2 aromatic carbocycles. The maximum Gasteiger partial charge on any atom is 0.254 e. The van der Waals surface area contributed by atoms with E-state index in [-0.39, 0.29) is 11.1 Å². The van der Waals surface area contributed by atoms with Crippen LogP contribution in [0.15, 0.2) is 47.3 Å². The van der Waals surface area contributed by atoms with Gasteiger partial charge >= 0.3 is 0 Å². The standard InChI is InChI=1S/C26H30N6O/c1-16-13-17(2)22-19(14-16)15-20(25(33)27-22)23(24-28-29-30-32(24)26(3,4)5)31-12-8-10-18-9-6-7-11-21(18)31/h6-7,9,11,13-15,23H,8,10,12H2,1-5H3,(H,27,33)/t23-/m1/s1. The molecule has 4 aromatic rings. The van der Waals surface area contributed by atoms with Gasteiger partial charge in [0.15, 0.2) is 5.82 Å². The molecule has 0 saturated heterocycles. The van der Waals surface area contributed by atoms with Crippen LogP contribution in [0.4, 0.5) is 5.69 Å². The van der Waals surface area contributed by atoms with Crippen molar-refractivity contribution in [1.29, 1.82) is 0 Å². The molecular formula is C26H30N6O. The van der Waals surface area contributed by atoms with Crippen LogP contribution in [-0.4, -0.2) is 31.7 Å². The summed E-state index contributed by atoms with van der Waals surface area (Å²) in [7, 11) is 0. The van der Waals surface area contributed by atoms with Crippen molar-refractivity contribution in [3.8, 4) is 0 Å². The largest absolute Gasteiger partial charge is 0.357 e. The number of tetrazole rings is 1. The fraction of sp³-hybridized carbons (Fsp3) is 0.385. The molecule has 7 heteroatoms. The Labute approximate surface area is 193 Å². The Kier molecular flexibility index (Phi) is 5.07. The van der Waals surface area contributed by atoms with Crippen molar-refractivity contribution in [2.24, 2.45) is 0 Å². The number of nitrogens with zero attached hydrogens (tertiary/aromatic N) is 5. The summed E-state index contributed by atoms with van der Waals surface area (Å²) in [4.78, 5) is 19.0. The molecule has 0 saturated carbocycles. The molecule has 0 fully saturated rings. The Balaban J connectivity index is 1.79. The predicted octanol–water partition coefficient (Wildman–Crippen LogP) is 4.43. The number of nitrogens with one attached hydrogen (secondary N) is 1. The van der Waals surface area contributed by atoms with Crippen LogP contribution < -0.4 is 10.5 Å². The van der Waals surface area contributed by atoms with Crippen LogP contribution in [0.2, 0.25) is 0 Å². The molecule has 0 amide bonds. The molecule has 1 atom stereocenters. The van der Waals surface area contributed by atoms with E-state index in [0.717, 1.165) is 47.1 Å². The van der Waals surface area contributed by atoms with E-state index in [1.165, 1.54) is 5.56 Å². The van der Waals surface area contributed by atoms with Crippen LogP contribution in [0.5, 0.6) is 0 Å². The summed E-state index contributed by atoms with van der Waals surface area (Å²) in [5.74, 6) is 0.674. The highest BCUT2D eigenvalue weighted by molar-refractivity contribution is 5.83. The third-order valence-electron chi connectivity index (χ3n) is 6.45. The highest BCUT2D eigenvalue weighted by Gasteiger charge is 2.35. The Hall–Kier alpha value is -3.48. The predicted molar refractivity (Wildman–Crippen MR) is 131 cm³/mol. The van der Waals surface area contributed by atoms with Crippen molar-refractivity contribution in [3.63, 3.8) is 0 Å². The molecule has 7 nitrogen and oxygen atoms in total. The maximum atomic E-state index is 13.6. The van der Waals surface area contributed by atoms with Crippen LogP contribution in [0.1, 0.15) is 61.3 Å². The molecular weight excluding hydrogens is 412 g/mol. The number of H-pyrrole nitrogens is 1. The average Bonchev–Trinajstić information content (AvgIpc) is 3.25. The summed E-state index contributed by atoms with van der Waals surface area (Å²) in [6.07, 6.45) is 2.03. The monoisotopic (exact) mass is 442 g/mol. The quantitative estimate of drug-likeness (QED) is 0.508. The lowest BCUT2D eigenvalue weighted by atomic mass is 9.95. The zero-order valence-electron chi connectivity index (χ0n) is 19.9. The lowest BCUT2D eigenvalue weighted by molar-refractivity contribution is 0.329. The van der Waals surface area contributed by atoms with Gasteiger partial charge in [0.25, 0.3) is 5.56 Å². The second kappa shape index (κ2) is 7.83. The number of anilines is 1. The van der Waals surface area contributed by atoms with Gasteiger partial charge in [0.1, 0.15) is 6.04 Å². The number of hydrogen-bond acceptors (Lipinski definition) is 5. The van der Waals surface area contributed by atoms with Crippen LogP contribution in [0, 0.1) is 13.8 Å². The third-order valence-corrected chi connectivity index (χ3v) is 6.45. The Morgan fingerprint density at radius 2 is 1.88 bits per heavy atom. The van der Waals surface area contributed by atoms with Crippen LogP contribution >= 0.6 is 0 Å². The highest BCUT2D eigenvalue weighted by atomic mass is 16.1. The second-order valence-corrected chi connectivity index (χ2v) is 10.0. The molecule has 0 spiro atoms. The normalized spacial score (nSPS) is 15.0. The van der Waals surface area contributed by atoms with Gasteiger partial charge in [-0.1, -0.05) is 29.8 Å². The first-order valence-corrected chi connectivity index (χ1v) is 11.5. The molecule has 1 aliphatic rings. The van der Waals surface area contributed by atoms with E-state index < -0.39 is 6.04 Å². The zero-order valence-corrected chi connectivity index (χ0v) is 19.9. The molecule has 2 aromatic heterocycles. The van der Waals surface area contributed by atoms with Gasteiger partial charge in [-0.2, -0.15) is 0 Å². The summed E-state index contributed by atoms with van der Waals surface area (Å²) >= 11 is 0. The van der Waals surface area contributed by atoms with Gasteiger partial charge in [-0.05, 0) is 92.6 Å². The molecule has 0 bridgehead atoms. The first-order chi connectivity index (χ1) is 15.7. The third kappa shape index (κ3) is 3.71. The molecule has 170 valence electrons. The average molecular weight is 443 g/mol. The minimum absolute atomic E-state index is 0.106. The lowest BCUT2D eigenvalue weighted by Crippen LogP contribution is -2.40. The Bertz CT molecular complexity index is 1390. The van der Waals surface area contributed by atoms with E-state index in [4.69, 9.17) is 0 Å². The Morgan fingerprint density at radius 3 is 2.67 bits per heavy atom. The number of fused-ring (bicyclic) bond motifs is 2.